The molecular weight excluding hydrogens is 394 g/mol. The molecule has 0 amide bonds. The van der Waals surface area contributed by atoms with Gasteiger partial charge in [0.1, 0.15) is 11.2 Å². The minimum atomic E-state index is -0.621. The standard InChI is InChI=1S/C24H38BFN2O3/c1-10-11-12-13-16(2)28-19-15-18(26)20(29-22(3,4)5)14-17(19)21(27-28)25-30-23(6,7)24(8,9)31-25/h14-16H,10-13H2,1-9H3. The highest BCUT2D eigenvalue weighted by Gasteiger charge is 2.53. The second kappa shape index (κ2) is 8.40. The third kappa shape index (κ3) is 4.93. The zero-order valence-electron chi connectivity index (χ0n) is 20.6. The van der Waals surface area contributed by atoms with Crippen molar-refractivity contribution in [2.24, 2.45) is 0 Å². The molecule has 7 heteroatoms. The summed E-state index contributed by atoms with van der Waals surface area (Å²) in [6, 6.07) is 3.42. The van der Waals surface area contributed by atoms with Crippen LogP contribution in [0.5, 0.6) is 5.75 Å². The lowest BCUT2D eigenvalue weighted by Crippen LogP contribution is -2.41. The van der Waals surface area contributed by atoms with Crippen LogP contribution in [-0.4, -0.2) is 33.7 Å². The highest BCUT2D eigenvalue weighted by molar-refractivity contribution is 6.64. The van der Waals surface area contributed by atoms with E-state index in [9.17, 15) is 0 Å². The molecule has 3 rings (SSSR count). The molecule has 1 fully saturated rings. The van der Waals surface area contributed by atoms with Gasteiger partial charge in [-0.3, -0.25) is 4.68 Å². The van der Waals surface area contributed by atoms with Crippen LogP contribution in [0.1, 0.15) is 94.0 Å². The minimum Gasteiger partial charge on any atom is -0.485 e. The monoisotopic (exact) mass is 432 g/mol. The first-order valence-electron chi connectivity index (χ1n) is 11.5. The summed E-state index contributed by atoms with van der Waals surface area (Å²) in [4.78, 5) is 0. The lowest BCUT2D eigenvalue weighted by atomic mass is 9.82. The topological polar surface area (TPSA) is 45.5 Å². The van der Waals surface area contributed by atoms with Crippen molar-refractivity contribution in [3.63, 3.8) is 0 Å². The van der Waals surface area contributed by atoms with Crippen molar-refractivity contribution in [2.75, 3.05) is 0 Å². The van der Waals surface area contributed by atoms with Crippen LogP contribution in [0.15, 0.2) is 12.1 Å². The Hall–Kier alpha value is -1.60. The van der Waals surface area contributed by atoms with E-state index in [4.69, 9.17) is 19.1 Å². The molecule has 0 radical (unpaired) electrons. The molecule has 0 spiro atoms. The van der Waals surface area contributed by atoms with Crippen molar-refractivity contribution < 1.29 is 18.4 Å². The summed E-state index contributed by atoms with van der Waals surface area (Å²) in [7, 11) is -0.621. The molecule has 31 heavy (non-hydrogen) atoms. The molecule has 1 aromatic carbocycles. The molecule has 1 atom stereocenters. The fourth-order valence-corrected chi connectivity index (χ4v) is 3.85. The van der Waals surface area contributed by atoms with Crippen LogP contribution in [0, 0.1) is 5.82 Å². The van der Waals surface area contributed by atoms with Crippen LogP contribution < -0.4 is 10.3 Å². The Morgan fingerprint density at radius 1 is 1.13 bits per heavy atom. The smallest absolute Gasteiger partial charge is 0.485 e. The zero-order chi connectivity index (χ0) is 23.2. The van der Waals surface area contributed by atoms with Gasteiger partial charge in [0.25, 0.3) is 0 Å². The van der Waals surface area contributed by atoms with Gasteiger partial charge in [-0.2, -0.15) is 5.10 Å². The number of aromatic nitrogens is 2. The molecule has 0 N–H and O–H groups in total. The van der Waals surface area contributed by atoms with Gasteiger partial charge in [-0.05, 0) is 67.9 Å². The Balaban J connectivity index is 2.10. The number of rotatable bonds is 7. The molecule has 5 nitrogen and oxygen atoms in total. The summed E-state index contributed by atoms with van der Waals surface area (Å²) in [5, 5.41) is 5.71. The quantitative estimate of drug-likeness (QED) is 0.410. The molecule has 2 aromatic rings. The lowest BCUT2D eigenvalue weighted by Gasteiger charge is -2.32. The van der Waals surface area contributed by atoms with Gasteiger partial charge in [0.15, 0.2) is 11.6 Å². The van der Waals surface area contributed by atoms with Crippen LogP contribution >= 0.6 is 0 Å². The van der Waals surface area contributed by atoms with Gasteiger partial charge < -0.3 is 14.0 Å². The molecule has 1 saturated heterocycles. The molecule has 1 unspecified atom stereocenters. The molecule has 0 saturated carbocycles. The highest BCUT2D eigenvalue weighted by Crippen LogP contribution is 2.38. The first kappa shape index (κ1) is 24.1. The second-order valence-electron chi connectivity index (χ2n) is 10.8. The highest BCUT2D eigenvalue weighted by atomic mass is 19.1. The Bertz CT molecular complexity index is 917. The van der Waals surface area contributed by atoms with Gasteiger partial charge in [0.05, 0.1) is 16.7 Å². The predicted octanol–water partition coefficient (Wildman–Crippen LogP) is 5.79. The number of nitrogens with zero attached hydrogens (tertiary/aromatic N) is 2. The number of ether oxygens (including phenoxy) is 1. The zero-order valence-corrected chi connectivity index (χ0v) is 20.6. The molecule has 172 valence electrons. The Morgan fingerprint density at radius 3 is 2.29 bits per heavy atom. The van der Waals surface area contributed by atoms with E-state index in [2.05, 4.69) is 13.8 Å². The Morgan fingerprint density at radius 2 is 1.74 bits per heavy atom. The van der Waals surface area contributed by atoms with Gasteiger partial charge in [0.2, 0.25) is 0 Å². The summed E-state index contributed by atoms with van der Waals surface area (Å²) in [6.45, 7) is 18.1. The van der Waals surface area contributed by atoms with Crippen molar-refractivity contribution in [2.45, 2.75) is 111 Å². The fourth-order valence-electron chi connectivity index (χ4n) is 3.85. The molecular formula is C24H38BFN2O3. The normalized spacial score (nSPS) is 19.2. The van der Waals surface area contributed by atoms with Gasteiger partial charge in [-0.1, -0.05) is 26.2 Å². The van der Waals surface area contributed by atoms with E-state index in [-0.39, 0.29) is 17.6 Å². The molecule has 1 aromatic heterocycles. The molecule has 2 heterocycles. The number of hydrogen-bond donors (Lipinski definition) is 0. The van der Waals surface area contributed by atoms with Crippen molar-refractivity contribution in [1.82, 2.24) is 9.78 Å². The number of benzene rings is 1. The SMILES string of the molecule is CCCCCC(C)n1nc(B2OC(C)(C)C(C)(C)O2)c2cc(OC(C)(C)C)c(F)cc21. The maximum Gasteiger partial charge on any atom is 0.517 e. The Kier molecular flexibility index (Phi) is 6.52. The van der Waals surface area contributed by atoms with Crippen LogP contribution in [-0.2, 0) is 9.31 Å². The summed E-state index contributed by atoms with van der Waals surface area (Å²) in [5.41, 5.74) is -0.0545. The average molecular weight is 432 g/mol. The molecule has 0 bridgehead atoms. The summed E-state index contributed by atoms with van der Waals surface area (Å²) in [6.07, 6.45) is 4.42. The largest absolute Gasteiger partial charge is 0.517 e. The first-order chi connectivity index (χ1) is 14.3. The average Bonchev–Trinajstić information content (AvgIpc) is 3.08. The second-order valence-corrected chi connectivity index (χ2v) is 10.8. The number of hydrogen-bond acceptors (Lipinski definition) is 4. The van der Waals surface area contributed by atoms with Gasteiger partial charge in [0, 0.05) is 17.5 Å². The van der Waals surface area contributed by atoms with Crippen molar-refractivity contribution in [1.29, 1.82) is 0 Å². The lowest BCUT2D eigenvalue weighted by molar-refractivity contribution is 0.00578. The molecule has 1 aliphatic rings. The van der Waals surface area contributed by atoms with Gasteiger partial charge in [-0.15, -0.1) is 0 Å². The van der Waals surface area contributed by atoms with E-state index in [1.165, 1.54) is 12.5 Å². The third-order valence-corrected chi connectivity index (χ3v) is 6.32. The van der Waals surface area contributed by atoms with E-state index in [0.29, 0.717) is 5.59 Å². The minimum absolute atomic E-state index is 0.138. The van der Waals surface area contributed by atoms with Crippen LogP contribution in [0.4, 0.5) is 4.39 Å². The van der Waals surface area contributed by atoms with E-state index in [1.54, 1.807) is 6.07 Å². The van der Waals surface area contributed by atoms with Crippen LogP contribution in [0.25, 0.3) is 10.9 Å². The summed E-state index contributed by atoms with van der Waals surface area (Å²) < 4.78 is 35.4. The molecule has 0 aliphatic carbocycles. The van der Waals surface area contributed by atoms with Gasteiger partial charge >= 0.3 is 7.12 Å². The van der Waals surface area contributed by atoms with Crippen LogP contribution in [0.2, 0.25) is 0 Å². The van der Waals surface area contributed by atoms with E-state index in [0.717, 1.165) is 30.2 Å². The van der Waals surface area contributed by atoms with E-state index in [1.807, 2.05) is 53.1 Å². The van der Waals surface area contributed by atoms with Gasteiger partial charge in [-0.25, -0.2) is 4.39 Å². The van der Waals surface area contributed by atoms with Crippen molar-refractivity contribution in [3.8, 4) is 5.75 Å². The number of fused-ring (bicyclic) bond motifs is 1. The predicted molar refractivity (Wildman–Crippen MR) is 125 cm³/mol. The summed E-state index contributed by atoms with van der Waals surface area (Å²) >= 11 is 0. The maximum absolute atomic E-state index is 15.0. The van der Waals surface area contributed by atoms with Crippen molar-refractivity contribution in [3.05, 3.63) is 17.9 Å². The van der Waals surface area contributed by atoms with Crippen LogP contribution in [0.3, 0.4) is 0 Å². The molecule has 1 aliphatic heterocycles. The van der Waals surface area contributed by atoms with E-state index >= 15 is 4.39 Å². The first-order valence-corrected chi connectivity index (χ1v) is 11.5. The van der Waals surface area contributed by atoms with Crippen molar-refractivity contribution >= 4 is 23.6 Å². The number of halogens is 1. The maximum atomic E-state index is 15.0. The summed E-state index contributed by atoms with van der Waals surface area (Å²) in [5.74, 6) is -0.166. The fraction of sp³-hybridized carbons (Fsp3) is 0.708. The van der Waals surface area contributed by atoms with E-state index < -0.39 is 23.9 Å². The third-order valence-electron chi connectivity index (χ3n) is 6.32. The Labute approximate surface area is 186 Å². The number of unbranched alkanes of at least 4 members (excludes halogenated alkanes) is 2.